The predicted molar refractivity (Wildman–Crippen MR) is 130 cm³/mol. The lowest BCUT2D eigenvalue weighted by molar-refractivity contribution is -0.634. The molecule has 0 aliphatic heterocycles. The summed E-state index contributed by atoms with van der Waals surface area (Å²) in [5, 5.41) is 1.12. The molecule has 1 heterocycles. The molecule has 1 saturated carbocycles. The average molecular weight is 601 g/mol. The maximum absolute atomic E-state index is 13.2. The van der Waals surface area contributed by atoms with Crippen molar-refractivity contribution >= 4 is 40.2 Å². The number of hydrogen-bond donors (Lipinski definition) is 0. The van der Waals surface area contributed by atoms with Crippen molar-refractivity contribution in [3.05, 3.63) is 52.5 Å². The smallest absolute Gasteiger partial charge is 0.348 e. The number of halogens is 3. The number of nitrogens with zero attached hydrogens (tertiary/aromatic N) is 2. The number of ether oxygens (including phenoxy) is 1. The van der Waals surface area contributed by atoms with E-state index < -0.39 is 0 Å². The molecule has 0 radical (unpaired) electrons. The van der Waals surface area contributed by atoms with Crippen LogP contribution in [0, 0.1) is 17.8 Å². The van der Waals surface area contributed by atoms with Crippen molar-refractivity contribution < 1.29 is 38.1 Å². The van der Waals surface area contributed by atoms with E-state index >= 15 is 0 Å². The van der Waals surface area contributed by atoms with Gasteiger partial charge in [0.05, 0.1) is 12.6 Å². The van der Waals surface area contributed by atoms with Crippen LogP contribution >= 0.6 is 23.2 Å². The minimum absolute atomic E-state index is 0. The Morgan fingerprint density at radius 3 is 2.48 bits per heavy atom. The summed E-state index contributed by atoms with van der Waals surface area (Å²) in [6.07, 6.45) is 3.23. The van der Waals surface area contributed by atoms with Gasteiger partial charge in [-0.25, -0.2) is 13.9 Å². The normalized spacial score (nSPS) is 20.6. The van der Waals surface area contributed by atoms with Crippen molar-refractivity contribution in [1.29, 1.82) is 0 Å². The molecule has 3 atom stereocenters. The monoisotopic (exact) mass is 600 g/mol. The molecule has 1 fully saturated rings. The highest BCUT2D eigenvalue weighted by atomic mass is 127. The molecule has 2 aromatic carbocycles. The Bertz CT molecular complexity index is 1120. The van der Waals surface area contributed by atoms with E-state index in [2.05, 4.69) is 25.3 Å². The van der Waals surface area contributed by atoms with Gasteiger partial charge in [-0.1, -0.05) is 62.5 Å². The van der Waals surface area contributed by atoms with Crippen LogP contribution in [0.4, 0.5) is 0 Å². The zero-order valence-electron chi connectivity index (χ0n) is 19.5. The van der Waals surface area contributed by atoms with E-state index in [-0.39, 0.29) is 42.6 Å². The number of hydrogen-bond acceptors (Lipinski definition) is 2. The van der Waals surface area contributed by atoms with Gasteiger partial charge < -0.3 is 28.7 Å². The molecule has 1 aromatic heterocycles. The van der Waals surface area contributed by atoms with E-state index in [1.54, 1.807) is 6.07 Å². The SMILES string of the molecule is CC(C)[C@@H]1CC[C@@H](C)C[C@H]1OC(=O)Cn1c(-c2cc(Cl)cc(Cl)c2)[n+](C)c2ccccc21.[I-]. The van der Waals surface area contributed by atoms with Gasteiger partial charge in [0.2, 0.25) is 0 Å². The van der Waals surface area contributed by atoms with Gasteiger partial charge in [-0.05, 0) is 60.9 Å². The second-order valence-corrected chi connectivity index (χ2v) is 10.3. The summed E-state index contributed by atoms with van der Waals surface area (Å²) in [6, 6.07) is 13.5. The number of fused-ring (bicyclic) bond motifs is 1. The highest BCUT2D eigenvalue weighted by Crippen LogP contribution is 2.36. The number of rotatable bonds is 5. The van der Waals surface area contributed by atoms with Crippen molar-refractivity contribution in [3.8, 4) is 11.4 Å². The third-order valence-electron chi connectivity index (χ3n) is 6.76. The molecule has 0 spiro atoms. The second kappa shape index (κ2) is 11.0. The maximum Gasteiger partial charge on any atom is 0.348 e. The number of benzene rings is 2. The van der Waals surface area contributed by atoms with Crippen LogP contribution < -0.4 is 28.5 Å². The molecular weight excluding hydrogens is 570 g/mol. The Morgan fingerprint density at radius 1 is 1.15 bits per heavy atom. The fourth-order valence-electron chi connectivity index (χ4n) is 5.16. The molecule has 0 N–H and O–H groups in total. The number of aromatic nitrogens is 2. The highest BCUT2D eigenvalue weighted by Gasteiger charge is 2.34. The molecule has 0 amide bonds. The summed E-state index contributed by atoms with van der Waals surface area (Å²) >= 11 is 12.6. The van der Waals surface area contributed by atoms with Crippen LogP contribution in [0.1, 0.15) is 40.0 Å². The number of carbonyl (C=O) groups excluding carboxylic acids is 1. The zero-order valence-corrected chi connectivity index (χ0v) is 23.2. The van der Waals surface area contributed by atoms with Gasteiger partial charge in [-0.3, -0.25) is 0 Å². The predicted octanol–water partition coefficient (Wildman–Crippen LogP) is 3.45. The first-order chi connectivity index (χ1) is 15.2. The first-order valence-corrected chi connectivity index (χ1v) is 12.1. The Hall–Kier alpha value is -1.31. The quantitative estimate of drug-likeness (QED) is 0.256. The molecule has 3 aromatic rings. The van der Waals surface area contributed by atoms with Crippen molar-refractivity contribution in [2.75, 3.05) is 0 Å². The first-order valence-electron chi connectivity index (χ1n) is 11.4. The van der Waals surface area contributed by atoms with Gasteiger partial charge in [0.1, 0.15) is 6.10 Å². The van der Waals surface area contributed by atoms with E-state index in [0.29, 0.717) is 27.8 Å². The number of para-hydroxylation sites is 2. The van der Waals surface area contributed by atoms with Crippen LogP contribution in [-0.4, -0.2) is 16.6 Å². The Kier molecular flexibility index (Phi) is 8.73. The van der Waals surface area contributed by atoms with E-state index in [1.165, 1.54) is 6.42 Å². The Balaban J connectivity index is 0.00000306. The molecule has 4 nitrogen and oxygen atoms in total. The van der Waals surface area contributed by atoms with Crippen molar-refractivity contribution in [3.63, 3.8) is 0 Å². The molecule has 1 aliphatic carbocycles. The molecule has 4 rings (SSSR count). The summed E-state index contributed by atoms with van der Waals surface area (Å²) < 4.78 is 10.2. The summed E-state index contributed by atoms with van der Waals surface area (Å²) in [6.45, 7) is 6.83. The van der Waals surface area contributed by atoms with E-state index in [1.807, 2.05) is 48.0 Å². The Labute approximate surface area is 223 Å². The minimum Gasteiger partial charge on any atom is -1.00 e. The molecule has 0 saturated heterocycles. The fourth-order valence-corrected chi connectivity index (χ4v) is 5.69. The second-order valence-electron chi connectivity index (χ2n) is 9.47. The van der Waals surface area contributed by atoms with Crippen LogP contribution in [0.25, 0.3) is 22.4 Å². The molecular formula is C26H31Cl2IN2O2. The lowest BCUT2D eigenvalue weighted by Gasteiger charge is -2.36. The zero-order chi connectivity index (χ0) is 23.0. The van der Waals surface area contributed by atoms with Gasteiger partial charge in [-0.2, -0.15) is 0 Å². The Morgan fingerprint density at radius 2 is 1.82 bits per heavy atom. The maximum atomic E-state index is 13.2. The molecule has 0 unspecified atom stereocenters. The van der Waals surface area contributed by atoms with E-state index in [0.717, 1.165) is 35.3 Å². The third kappa shape index (κ3) is 5.68. The summed E-state index contributed by atoms with van der Waals surface area (Å²) in [5.41, 5.74) is 2.86. The lowest BCUT2D eigenvalue weighted by atomic mass is 9.75. The summed E-state index contributed by atoms with van der Waals surface area (Å²) in [5.74, 6) is 2.15. The first kappa shape index (κ1) is 26.3. The van der Waals surface area contributed by atoms with Crippen molar-refractivity contribution in [2.45, 2.75) is 52.7 Å². The summed E-state index contributed by atoms with van der Waals surface area (Å²) in [4.78, 5) is 13.2. The molecule has 1 aliphatic rings. The van der Waals surface area contributed by atoms with Gasteiger partial charge in [0.15, 0.2) is 17.6 Å². The largest absolute Gasteiger partial charge is 1.00 e. The number of imidazole rings is 1. The standard InChI is InChI=1S/C26H31Cl2N2O2.HI/c1-16(2)21-10-9-17(3)11-24(21)32-25(31)15-30-23-8-6-5-7-22(23)29(4)26(30)18-12-19(27)14-20(28)13-18;/h5-8,12-14,16-17,21,24H,9-11,15H2,1-4H3;1H/q+1;/p-1/t17-,21+,24-;/m1./s1. The van der Waals surface area contributed by atoms with Crippen molar-refractivity contribution in [2.24, 2.45) is 24.8 Å². The molecule has 33 heavy (non-hydrogen) atoms. The average Bonchev–Trinajstić information content (AvgIpc) is 2.99. The lowest BCUT2D eigenvalue weighted by Crippen LogP contribution is -3.00. The molecule has 0 bridgehead atoms. The van der Waals surface area contributed by atoms with Gasteiger partial charge >= 0.3 is 5.97 Å². The summed E-state index contributed by atoms with van der Waals surface area (Å²) in [7, 11) is 1.99. The van der Waals surface area contributed by atoms with Crippen LogP contribution in [0.3, 0.4) is 0 Å². The number of aryl methyl sites for hydroxylation is 1. The molecule has 7 heteroatoms. The number of esters is 1. The van der Waals surface area contributed by atoms with E-state index in [9.17, 15) is 4.79 Å². The molecule has 178 valence electrons. The van der Waals surface area contributed by atoms with Gasteiger partial charge in [0.25, 0.3) is 5.82 Å². The van der Waals surface area contributed by atoms with E-state index in [4.69, 9.17) is 27.9 Å². The highest BCUT2D eigenvalue weighted by molar-refractivity contribution is 6.35. The number of carbonyl (C=O) groups is 1. The van der Waals surface area contributed by atoms with Gasteiger partial charge in [0, 0.05) is 10.0 Å². The fraction of sp³-hybridized carbons (Fsp3) is 0.462. The van der Waals surface area contributed by atoms with Crippen LogP contribution in [0.15, 0.2) is 42.5 Å². The van der Waals surface area contributed by atoms with Crippen molar-refractivity contribution in [1.82, 2.24) is 4.57 Å². The van der Waals surface area contributed by atoms with Gasteiger partial charge in [-0.15, -0.1) is 0 Å². The minimum atomic E-state index is -0.203. The topological polar surface area (TPSA) is 35.1 Å². The van der Waals surface area contributed by atoms with Crippen LogP contribution in [0.2, 0.25) is 10.0 Å². The van der Waals surface area contributed by atoms with Crippen LogP contribution in [-0.2, 0) is 23.1 Å². The van der Waals surface area contributed by atoms with Crippen LogP contribution in [0.5, 0.6) is 0 Å². The third-order valence-corrected chi connectivity index (χ3v) is 7.20.